The predicted molar refractivity (Wildman–Crippen MR) is 57.4 cm³/mol. The van der Waals surface area contributed by atoms with Gasteiger partial charge >= 0.3 is 0 Å². The zero-order valence-electron chi connectivity index (χ0n) is 8.44. The van der Waals surface area contributed by atoms with Gasteiger partial charge in [-0.15, -0.1) is 0 Å². The smallest absolute Gasteiger partial charge is 0.121 e. The first-order valence-corrected chi connectivity index (χ1v) is 5.94. The molecule has 0 aliphatic carbocycles. The van der Waals surface area contributed by atoms with Gasteiger partial charge in [-0.3, -0.25) is 4.90 Å². The maximum atomic E-state index is 10.4. The minimum absolute atomic E-state index is 0.685. The number of nitrogens with zero attached hydrogens (tertiary/aromatic N) is 2. The summed E-state index contributed by atoms with van der Waals surface area (Å²) in [4.78, 5) is 2.30. The molecule has 2 heterocycles. The number of aromatic nitrogens is 1. The largest absolute Gasteiger partial charge is 0.382 e. The Balaban J connectivity index is 2.06. The van der Waals surface area contributed by atoms with Crippen molar-refractivity contribution >= 4 is 11.5 Å². The maximum Gasteiger partial charge on any atom is 0.121 e. The first-order valence-electron chi connectivity index (χ1n) is 5.10. The fourth-order valence-electron chi connectivity index (χ4n) is 2.04. The molecular weight excluding hydrogens is 196 g/mol. The van der Waals surface area contributed by atoms with E-state index < -0.39 is 5.60 Å². The van der Waals surface area contributed by atoms with E-state index in [0.29, 0.717) is 0 Å². The minimum Gasteiger partial charge on any atom is -0.382 e. The standard InChI is InChI=1S/C10H16N2OS/c1-2-5-12-6-4-10(13,8-12)9-3-7-14-11-9/h3,7,13H,2,4-6,8H2,1H3. The van der Waals surface area contributed by atoms with Crippen molar-refractivity contribution in [3.05, 3.63) is 17.1 Å². The Morgan fingerprint density at radius 1 is 1.71 bits per heavy atom. The lowest BCUT2D eigenvalue weighted by atomic mass is 9.99. The van der Waals surface area contributed by atoms with Crippen LogP contribution in [0.25, 0.3) is 0 Å². The molecule has 1 aliphatic rings. The summed E-state index contributed by atoms with van der Waals surface area (Å²) in [5, 5.41) is 12.3. The molecule has 0 aromatic carbocycles. The zero-order chi connectivity index (χ0) is 10.0. The third kappa shape index (κ3) is 1.82. The molecule has 4 heteroatoms. The van der Waals surface area contributed by atoms with Gasteiger partial charge in [0, 0.05) is 18.5 Å². The van der Waals surface area contributed by atoms with Gasteiger partial charge < -0.3 is 5.11 Å². The molecule has 0 radical (unpaired) electrons. The lowest BCUT2D eigenvalue weighted by molar-refractivity contribution is 0.0428. The monoisotopic (exact) mass is 212 g/mol. The predicted octanol–water partition coefficient (Wildman–Crippen LogP) is 1.45. The van der Waals surface area contributed by atoms with Crippen LogP contribution in [0.5, 0.6) is 0 Å². The van der Waals surface area contributed by atoms with E-state index >= 15 is 0 Å². The molecule has 1 aliphatic heterocycles. The van der Waals surface area contributed by atoms with Crippen molar-refractivity contribution in [3.63, 3.8) is 0 Å². The topological polar surface area (TPSA) is 36.4 Å². The first kappa shape index (κ1) is 10.1. The lowest BCUT2D eigenvalue weighted by Crippen LogP contribution is -2.31. The second kappa shape index (κ2) is 3.96. The Bertz CT molecular complexity index is 288. The van der Waals surface area contributed by atoms with Gasteiger partial charge in [-0.2, -0.15) is 4.37 Å². The van der Waals surface area contributed by atoms with E-state index in [1.54, 1.807) is 0 Å². The molecule has 78 valence electrons. The van der Waals surface area contributed by atoms with E-state index in [0.717, 1.165) is 38.2 Å². The van der Waals surface area contributed by atoms with Crippen molar-refractivity contribution < 1.29 is 5.11 Å². The molecule has 1 unspecified atom stereocenters. The van der Waals surface area contributed by atoms with Crippen molar-refractivity contribution in [1.29, 1.82) is 0 Å². The van der Waals surface area contributed by atoms with Crippen molar-refractivity contribution in [2.75, 3.05) is 19.6 Å². The van der Waals surface area contributed by atoms with Crippen LogP contribution in [0.15, 0.2) is 11.4 Å². The van der Waals surface area contributed by atoms with Crippen LogP contribution < -0.4 is 0 Å². The van der Waals surface area contributed by atoms with Gasteiger partial charge in [0.2, 0.25) is 0 Å². The van der Waals surface area contributed by atoms with Crippen molar-refractivity contribution in [1.82, 2.24) is 9.27 Å². The molecule has 1 saturated heterocycles. The number of aliphatic hydroxyl groups is 1. The second-order valence-corrected chi connectivity index (χ2v) is 4.61. The Hall–Kier alpha value is -0.450. The van der Waals surface area contributed by atoms with E-state index in [4.69, 9.17) is 0 Å². The second-order valence-electron chi connectivity index (χ2n) is 3.94. The number of hydrogen-bond donors (Lipinski definition) is 1. The Morgan fingerprint density at radius 2 is 2.57 bits per heavy atom. The summed E-state index contributed by atoms with van der Waals surface area (Å²) in [5.41, 5.74) is 0.163. The Kier molecular flexibility index (Phi) is 2.85. The number of rotatable bonds is 3. The summed E-state index contributed by atoms with van der Waals surface area (Å²) in [5.74, 6) is 0. The number of hydrogen-bond acceptors (Lipinski definition) is 4. The molecule has 0 saturated carbocycles. The highest BCUT2D eigenvalue weighted by Crippen LogP contribution is 2.31. The van der Waals surface area contributed by atoms with Crippen molar-refractivity contribution in [2.24, 2.45) is 0 Å². The molecular formula is C10H16N2OS. The highest BCUT2D eigenvalue weighted by molar-refractivity contribution is 7.03. The van der Waals surface area contributed by atoms with Gasteiger partial charge in [0.25, 0.3) is 0 Å². The van der Waals surface area contributed by atoms with E-state index in [2.05, 4.69) is 16.2 Å². The Morgan fingerprint density at radius 3 is 3.21 bits per heavy atom. The van der Waals surface area contributed by atoms with Crippen LogP contribution in [0.2, 0.25) is 0 Å². The fourth-order valence-corrected chi connectivity index (χ4v) is 2.63. The van der Waals surface area contributed by atoms with Crippen molar-refractivity contribution in [2.45, 2.75) is 25.4 Å². The molecule has 1 aromatic rings. The maximum absolute atomic E-state index is 10.4. The van der Waals surface area contributed by atoms with Gasteiger partial charge in [-0.25, -0.2) is 0 Å². The highest BCUT2D eigenvalue weighted by Gasteiger charge is 2.38. The summed E-state index contributed by atoms with van der Waals surface area (Å²) in [7, 11) is 0. The van der Waals surface area contributed by atoms with E-state index in [1.807, 2.05) is 11.4 Å². The molecule has 2 rings (SSSR count). The lowest BCUT2D eigenvalue weighted by Gasteiger charge is -2.21. The SMILES string of the molecule is CCCN1CCC(O)(c2ccsn2)C1. The first-order chi connectivity index (χ1) is 6.74. The Labute approximate surface area is 88.5 Å². The molecule has 1 atom stereocenters. The van der Waals surface area contributed by atoms with Crippen LogP contribution in [0, 0.1) is 0 Å². The average Bonchev–Trinajstić information content (AvgIpc) is 2.75. The summed E-state index contributed by atoms with van der Waals surface area (Å²) in [6.07, 6.45) is 1.96. The van der Waals surface area contributed by atoms with E-state index in [-0.39, 0.29) is 0 Å². The van der Waals surface area contributed by atoms with Crippen LogP contribution in [0.3, 0.4) is 0 Å². The van der Waals surface area contributed by atoms with Gasteiger partial charge in [0.05, 0.1) is 5.69 Å². The molecule has 1 aromatic heterocycles. The van der Waals surface area contributed by atoms with E-state index in [1.165, 1.54) is 11.5 Å². The van der Waals surface area contributed by atoms with Crippen LogP contribution in [0.4, 0.5) is 0 Å². The summed E-state index contributed by atoms with van der Waals surface area (Å²) >= 11 is 1.41. The molecule has 14 heavy (non-hydrogen) atoms. The number of likely N-dealkylation sites (tertiary alicyclic amines) is 1. The number of β-amino-alcohol motifs (C(OH)–C–C–N with tert-alkyl or cyclic N) is 1. The molecule has 0 bridgehead atoms. The molecule has 1 N–H and O–H groups in total. The summed E-state index contributed by atoms with van der Waals surface area (Å²) in [6.45, 7) is 4.97. The summed E-state index contributed by atoms with van der Waals surface area (Å²) < 4.78 is 4.23. The van der Waals surface area contributed by atoms with Gasteiger partial charge in [-0.05, 0) is 37.0 Å². The zero-order valence-corrected chi connectivity index (χ0v) is 9.26. The molecule has 0 spiro atoms. The van der Waals surface area contributed by atoms with E-state index in [9.17, 15) is 5.11 Å². The molecule has 3 nitrogen and oxygen atoms in total. The quantitative estimate of drug-likeness (QED) is 0.823. The van der Waals surface area contributed by atoms with Crippen LogP contribution >= 0.6 is 11.5 Å². The van der Waals surface area contributed by atoms with Crippen LogP contribution in [0.1, 0.15) is 25.5 Å². The third-order valence-corrected chi connectivity index (χ3v) is 3.34. The van der Waals surface area contributed by atoms with Crippen molar-refractivity contribution in [3.8, 4) is 0 Å². The third-order valence-electron chi connectivity index (χ3n) is 2.78. The normalized spacial score (nSPS) is 28.4. The summed E-state index contributed by atoms with van der Waals surface area (Å²) in [6, 6.07) is 1.93. The van der Waals surface area contributed by atoms with Gasteiger partial charge in [-0.1, -0.05) is 6.92 Å². The van der Waals surface area contributed by atoms with Crippen LogP contribution in [-0.2, 0) is 5.60 Å². The van der Waals surface area contributed by atoms with Gasteiger partial charge in [0.15, 0.2) is 0 Å². The molecule has 1 fully saturated rings. The molecule has 0 amide bonds. The fraction of sp³-hybridized carbons (Fsp3) is 0.700. The minimum atomic E-state index is -0.685. The van der Waals surface area contributed by atoms with Gasteiger partial charge in [0.1, 0.15) is 5.60 Å². The van der Waals surface area contributed by atoms with Crippen LogP contribution in [-0.4, -0.2) is 34.0 Å². The average molecular weight is 212 g/mol. The highest BCUT2D eigenvalue weighted by atomic mass is 32.1.